The SMILES string of the molecule is C[C@H]1CCCCO[C@H](CN(C)C(=O)CCCN(C)C)[C@@H](C)CN([C@@H](C)CO)C(=O)c2cc(NC(=O)C3CCCCC3)ccc2O1. The highest BCUT2D eigenvalue weighted by atomic mass is 16.5. The number of anilines is 1. The zero-order valence-electron chi connectivity index (χ0n) is 28.6. The molecule has 1 aliphatic carbocycles. The monoisotopic (exact) mass is 630 g/mol. The lowest BCUT2D eigenvalue weighted by Crippen LogP contribution is -2.48. The molecular formula is C35H58N4O6. The fourth-order valence-corrected chi connectivity index (χ4v) is 6.18. The maximum absolute atomic E-state index is 14.3. The van der Waals surface area contributed by atoms with Crippen LogP contribution < -0.4 is 10.1 Å². The molecule has 254 valence electrons. The van der Waals surface area contributed by atoms with Crippen molar-refractivity contribution in [2.45, 2.75) is 103 Å². The fourth-order valence-electron chi connectivity index (χ4n) is 6.18. The molecule has 1 aromatic rings. The highest BCUT2D eigenvalue weighted by molar-refractivity contribution is 6.00. The first-order valence-electron chi connectivity index (χ1n) is 17.0. The Bertz CT molecular complexity index is 1090. The number of likely N-dealkylation sites (N-methyl/N-ethyl adjacent to an activating group) is 1. The van der Waals surface area contributed by atoms with Crippen LogP contribution in [0.15, 0.2) is 18.2 Å². The van der Waals surface area contributed by atoms with Crippen molar-refractivity contribution in [3.05, 3.63) is 23.8 Å². The number of hydrogen-bond acceptors (Lipinski definition) is 7. The third kappa shape index (κ3) is 11.6. The van der Waals surface area contributed by atoms with Crippen molar-refractivity contribution in [2.75, 3.05) is 59.3 Å². The van der Waals surface area contributed by atoms with Crippen molar-refractivity contribution in [3.8, 4) is 5.75 Å². The van der Waals surface area contributed by atoms with Gasteiger partial charge < -0.3 is 34.6 Å². The van der Waals surface area contributed by atoms with Crippen molar-refractivity contribution in [2.24, 2.45) is 11.8 Å². The Labute approximate surface area is 270 Å². The van der Waals surface area contributed by atoms with E-state index in [2.05, 4.69) is 10.2 Å². The van der Waals surface area contributed by atoms with E-state index < -0.39 is 6.04 Å². The number of amides is 3. The van der Waals surface area contributed by atoms with Gasteiger partial charge in [0.25, 0.3) is 5.91 Å². The molecule has 2 N–H and O–H groups in total. The number of fused-ring (bicyclic) bond motifs is 1. The second-order valence-electron chi connectivity index (χ2n) is 13.5. The highest BCUT2D eigenvalue weighted by Crippen LogP contribution is 2.30. The Kier molecular flexibility index (Phi) is 15.1. The minimum atomic E-state index is -0.468. The molecule has 0 unspecified atom stereocenters. The van der Waals surface area contributed by atoms with Gasteiger partial charge in [-0.25, -0.2) is 0 Å². The number of aliphatic hydroxyl groups excluding tert-OH is 1. The Balaban J connectivity index is 1.87. The van der Waals surface area contributed by atoms with Crippen LogP contribution in [0.5, 0.6) is 5.75 Å². The average molecular weight is 631 g/mol. The number of benzene rings is 1. The van der Waals surface area contributed by atoms with Gasteiger partial charge in [-0.3, -0.25) is 14.4 Å². The smallest absolute Gasteiger partial charge is 0.258 e. The molecule has 0 aromatic heterocycles. The lowest BCUT2D eigenvalue weighted by atomic mass is 9.88. The molecule has 3 rings (SSSR count). The van der Waals surface area contributed by atoms with E-state index in [1.54, 1.807) is 28.0 Å². The number of carbonyl (C=O) groups is 3. The molecule has 10 nitrogen and oxygen atoms in total. The summed E-state index contributed by atoms with van der Waals surface area (Å²) in [6.45, 7) is 7.78. The van der Waals surface area contributed by atoms with E-state index in [1.165, 1.54) is 6.42 Å². The number of ether oxygens (including phenoxy) is 2. The van der Waals surface area contributed by atoms with Gasteiger partial charge in [0.05, 0.1) is 30.4 Å². The molecule has 1 heterocycles. The van der Waals surface area contributed by atoms with Crippen LogP contribution in [0, 0.1) is 11.8 Å². The molecule has 1 aromatic carbocycles. The van der Waals surface area contributed by atoms with E-state index in [9.17, 15) is 19.5 Å². The van der Waals surface area contributed by atoms with Crippen molar-refractivity contribution in [3.63, 3.8) is 0 Å². The second kappa shape index (κ2) is 18.5. The van der Waals surface area contributed by atoms with Gasteiger partial charge in [-0.05, 0) is 91.2 Å². The summed E-state index contributed by atoms with van der Waals surface area (Å²) in [4.78, 5) is 45.8. The fraction of sp³-hybridized carbons (Fsp3) is 0.743. The Hall–Kier alpha value is -2.69. The molecule has 0 saturated heterocycles. The first-order valence-corrected chi connectivity index (χ1v) is 17.0. The summed E-state index contributed by atoms with van der Waals surface area (Å²) in [7, 11) is 5.81. The highest BCUT2D eigenvalue weighted by Gasteiger charge is 2.31. The van der Waals surface area contributed by atoms with E-state index in [-0.39, 0.29) is 48.4 Å². The summed E-state index contributed by atoms with van der Waals surface area (Å²) < 4.78 is 12.7. The van der Waals surface area contributed by atoms with Gasteiger partial charge in [0.2, 0.25) is 11.8 Å². The lowest BCUT2D eigenvalue weighted by molar-refractivity contribution is -0.132. The molecule has 2 aliphatic rings. The quantitative estimate of drug-likeness (QED) is 0.382. The summed E-state index contributed by atoms with van der Waals surface area (Å²) in [5.41, 5.74) is 0.925. The van der Waals surface area contributed by atoms with Crippen LogP contribution in [0.25, 0.3) is 0 Å². The molecule has 0 spiro atoms. The topological polar surface area (TPSA) is 112 Å². The summed E-state index contributed by atoms with van der Waals surface area (Å²) >= 11 is 0. The van der Waals surface area contributed by atoms with Gasteiger partial charge >= 0.3 is 0 Å². The van der Waals surface area contributed by atoms with Gasteiger partial charge in [-0.2, -0.15) is 0 Å². The molecule has 4 atom stereocenters. The summed E-state index contributed by atoms with van der Waals surface area (Å²) in [5.74, 6) is 0.127. The maximum atomic E-state index is 14.3. The molecule has 0 bridgehead atoms. The zero-order valence-corrected chi connectivity index (χ0v) is 28.6. The Morgan fingerprint density at radius 2 is 1.78 bits per heavy atom. The molecule has 45 heavy (non-hydrogen) atoms. The minimum absolute atomic E-state index is 0.00754. The predicted molar refractivity (Wildman–Crippen MR) is 178 cm³/mol. The summed E-state index contributed by atoms with van der Waals surface area (Å²) in [6, 6.07) is 4.83. The van der Waals surface area contributed by atoms with Crippen molar-refractivity contribution >= 4 is 23.4 Å². The second-order valence-corrected chi connectivity index (χ2v) is 13.5. The zero-order chi connectivity index (χ0) is 32.9. The molecular weight excluding hydrogens is 572 g/mol. The van der Waals surface area contributed by atoms with Crippen LogP contribution in [-0.2, 0) is 14.3 Å². The number of nitrogens with zero attached hydrogens (tertiary/aromatic N) is 3. The predicted octanol–water partition coefficient (Wildman–Crippen LogP) is 4.80. The normalized spacial score (nSPS) is 23.1. The van der Waals surface area contributed by atoms with Crippen molar-refractivity contribution in [1.29, 1.82) is 0 Å². The number of aliphatic hydroxyl groups is 1. The molecule has 1 saturated carbocycles. The molecule has 0 radical (unpaired) electrons. The largest absolute Gasteiger partial charge is 0.490 e. The molecule has 10 heteroatoms. The van der Waals surface area contributed by atoms with Gasteiger partial charge in [0.15, 0.2) is 0 Å². The van der Waals surface area contributed by atoms with Crippen LogP contribution >= 0.6 is 0 Å². The molecule has 1 fully saturated rings. The van der Waals surface area contributed by atoms with E-state index >= 15 is 0 Å². The maximum Gasteiger partial charge on any atom is 0.258 e. The van der Waals surface area contributed by atoms with Crippen LogP contribution in [0.2, 0.25) is 0 Å². The number of nitrogens with one attached hydrogen (secondary N) is 1. The van der Waals surface area contributed by atoms with E-state index in [0.29, 0.717) is 43.1 Å². The number of rotatable bonds is 10. The van der Waals surface area contributed by atoms with Crippen molar-refractivity contribution < 1.29 is 29.0 Å². The molecule has 1 aliphatic heterocycles. The number of hydrogen-bond donors (Lipinski definition) is 2. The Morgan fingerprint density at radius 1 is 1.07 bits per heavy atom. The van der Waals surface area contributed by atoms with Gasteiger partial charge in [0.1, 0.15) is 5.75 Å². The summed E-state index contributed by atoms with van der Waals surface area (Å²) in [6.07, 6.45) is 8.43. The van der Waals surface area contributed by atoms with Gasteiger partial charge in [-0.15, -0.1) is 0 Å². The number of carbonyl (C=O) groups excluding carboxylic acids is 3. The first kappa shape index (κ1) is 36.8. The third-order valence-electron chi connectivity index (χ3n) is 9.17. The van der Waals surface area contributed by atoms with Crippen LogP contribution in [-0.4, -0.2) is 110 Å². The van der Waals surface area contributed by atoms with Gasteiger partial charge in [0, 0.05) is 50.7 Å². The van der Waals surface area contributed by atoms with E-state index in [0.717, 1.165) is 57.9 Å². The minimum Gasteiger partial charge on any atom is -0.490 e. The van der Waals surface area contributed by atoms with E-state index in [1.807, 2.05) is 41.9 Å². The van der Waals surface area contributed by atoms with Crippen LogP contribution in [0.3, 0.4) is 0 Å². The standard InChI is InChI=1S/C35H58N4O6/c1-25-22-39(26(2)24-40)35(43)30-21-29(36-34(42)28-14-8-7-9-15-28)17-18-31(30)45-27(3)13-10-11-20-44-32(25)23-38(6)33(41)16-12-19-37(4)5/h17-18,21,25-28,32,40H,7-16,19-20,22-24H2,1-6H3,(H,36,42)/t25-,26-,27-,32+/m0/s1. The van der Waals surface area contributed by atoms with Crippen LogP contribution in [0.1, 0.15) is 95.3 Å². The van der Waals surface area contributed by atoms with Crippen molar-refractivity contribution in [1.82, 2.24) is 14.7 Å². The average Bonchev–Trinajstić information content (AvgIpc) is 3.02. The van der Waals surface area contributed by atoms with Crippen LogP contribution in [0.4, 0.5) is 5.69 Å². The summed E-state index contributed by atoms with van der Waals surface area (Å²) in [5, 5.41) is 13.3. The third-order valence-corrected chi connectivity index (χ3v) is 9.17. The lowest BCUT2D eigenvalue weighted by Gasteiger charge is -2.36. The van der Waals surface area contributed by atoms with Gasteiger partial charge in [-0.1, -0.05) is 26.2 Å². The molecule has 3 amide bonds. The van der Waals surface area contributed by atoms with E-state index in [4.69, 9.17) is 9.47 Å². The Morgan fingerprint density at radius 3 is 2.47 bits per heavy atom. The first-order chi connectivity index (χ1) is 21.5.